The molecule has 8 nitrogen and oxygen atoms in total. The number of carboxylic acid groups (broad SMARTS) is 1. The van der Waals surface area contributed by atoms with Gasteiger partial charge >= 0.3 is 12.1 Å². The van der Waals surface area contributed by atoms with E-state index < -0.39 is 39.4 Å². The molecule has 2 aromatic heterocycles. The van der Waals surface area contributed by atoms with E-state index in [9.17, 15) is 31.5 Å². The van der Waals surface area contributed by atoms with Crippen molar-refractivity contribution in [1.82, 2.24) is 9.88 Å². The Balaban J connectivity index is 1.53. The topological polar surface area (TPSA) is 130 Å². The number of alkyl halides is 3. The summed E-state index contributed by atoms with van der Waals surface area (Å²) in [5, 5.41) is 22.1. The van der Waals surface area contributed by atoms with Gasteiger partial charge in [0.2, 0.25) is 5.76 Å². The van der Waals surface area contributed by atoms with Crippen LogP contribution in [0.15, 0.2) is 51.2 Å². The molecule has 0 bridgehead atoms. The zero-order valence-corrected chi connectivity index (χ0v) is 19.0. The molecule has 2 heterocycles. The van der Waals surface area contributed by atoms with Gasteiger partial charge in [-0.25, -0.2) is 8.42 Å². The standard InChI is InChI=1S/C21H19F3N2O6S2/c22-21(23,24)17-10-15(25-32-17)16-7-8-18(33-16)34(30,31)26-20(19(28)29)11-14(20)13-5-3-12(4-6-13)2-1-9-27/h3-8,10,14,26-27H,1-2,9,11H2,(H,28,29)/t14-,20+/m1/s1. The molecular formula is C21H19F3N2O6S2. The molecule has 1 aromatic carbocycles. The number of halogens is 3. The maximum Gasteiger partial charge on any atom is 0.452 e. The van der Waals surface area contributed by atoms with E-state index in [2.05, 4.69) is 14.4 Å². The van der Waals surface area contributed by atoms with Crippen molar-refractivity contribution >= 4 is 27.3 Å². The van der Waals surface area contributed by atoms with Crippen LogP contribution in [0.25, 0.3) is 10.6 Å². The fourth-order valence-electron chi connectivity index (χ4n) is 3.68. The third-order valence-electron chi connectivity index (χ3n) is 5.55. The maximum atomic E-state index is 12.9. The first-order valence-electron chi connectivity index (χ1n) is 10.1. The van der Waals surface area contributed by atoms with Gasteiger partial charge < -0.3 is 14.7 Å². The molecule has 1 aliphatic rings. The number of aliphatic carboxylic acids is 1. The Morgan fingerprint density at radius 3 is 2.53 bits per heavy atom. The van der Waals surface area contributed by atoms with E-state index in [0.717, 1.165) is 5.56 Å². The molecule has 2 atom stereocenters. The van der Waals surface area contributed by atoms with Crippen LogP contribution in [0.2, 0.25) is 0 Å². The molecule has 4 rings (SSSR count). The summed E-state index contributed by atoms with van der Waals surface area (Å²) in [6.45, 7) is 0.0544. The highest BCUT2D eigenvalue weighted by Crippen LogP contribution is 2.52. The second kappa shape index (κ2) is 8.80. The summed E-state index contributed by atoms with van der Waals surface area (Å²) < 4.78 is 70.4. The molecular weight excluding hydrogens is 497 g/mol. The Morgan fingerprint density at radius 1 is 1.24 bits per heavy atom. The number of aryl methyl sites for hydroxylation is 1. The van der Waals surface area contributed by atoms with Crippen LogP contribution in [0.3, 0.4) is 0 Å². The van der Waals surface area contributed by atoms with Crippen LogP contribution in [-0.2, 0) is 27.4 Å². The van der Waals surface area contributed by atoms with Crippen LogP contribution in [0.4, 0.5) is 13.2 Å². The van der Waals surface area contributed by atoms with Crippen molar-refractivity contribution in [3.8, 4) is 10.6 Å². The number of aliphatic hydroxyl groups is 1. The van der Waals surface area contributed by atoms with E-state index in [1.54, 1.807) is 12.1 Å². The van der Waals surface area contributed by atoms with Gasteiger partial charge in [-0.15, -0.1) is 11.3 Å². The molecule has 0 saturated heterocycles. The average Bonchev–Trinajstić information content (AvgIpc) is 3.14. The van der Waals surface area contributed by atoms with Crippen molar-refractivity contribution in [1.29, 1.82) is 0 Å². The van der Waals surface area contributed by atoms with Gasteiger partial charge in [-0.2, -0.15) is 17.9 Å². The number of benzene rings is 1. The Labute approximate surface area is 196 Å². The number of rotatable bonds is 9. The van der Waals surface area contributed by atoms with Gasteiger partial charge in [0.15, 0.2) is 0 Å². The van der Waals surface area contributed by atoms with E-state index in [-0.39, 0.29) is 27.8 Å². The first kappa shape index (κ1) is 24.4. The lowest BCUT2D eigenvalue weighted by molar-refractivity contribution is -0.155. The first-order chi connectivity index (χ1) is 16.0. The van der Waals surface area contributed by atoms with Gasteiger partial charge in [-0.05, 0) is 42.5 Å². The van der Waals surface area contributed by atoms with Crippen molar-refractivity contribution in [2.24, 2.45) is 0 Å². The number of thiophene rings is 1. The second-order valence-electron chi connectivity index (χ2n) is 7.90. The zero-order chi connectivity index (χ0) is 24.7. The summed E-state index contributed by atoms with van der Waals surface area (Å²) in [5.74, 6) is -3.23. The number of carboxylic acids is 1. The summed E-state index contributed by atoms with van der Waals surface area (Å²) in [7, 11) is -4.29. The van der Waals surface area contributed by atoms with Gasteiger partial charge in [0, 0.05) is 18.6 Å². The summed E-state index contributed by atoms with van der Waals surface area (Å²) in [4.78, 5) is 12.1. The van der Waals surface area contributed by atoms with E-state index in [4.69, 9.17) is 5.11 Å². The van der Waals surface area contributed by atoms with E-state index in [1.165, 1.54) is 12.1 Å². The number of aromatic nitrogens is 1. The average molecular weight is 517 g/mol. The highest BCUT2D eigenvalue weighted by atomic mass is 32.2. The lowest BCUT2D eigenvalue weighted by Gasteiger charge is -2.15. The number of nitrogens with one attached hydrogen (secondary N) is 1. The van der Waals surface area contributed by atoms with Crippen molar-refractivity contribution in [3.05, 3.63) is 59.4 Å². The molecule has 1 aliphatic carbocycles. The summed E-state index contributed by atoms with van der Waals surface area (Å²) in [6, 6.07) is 10.2. The number of sulfonamides is 1. The van der Waals surface area contributed by atoms with Gasteiger partial charge in [0.1, 0.15) is 15.4 Å². The molecule has 34 heavy (non-hydrogen) atoms. The van der Waals surface area contributed by atoms with Crippen molar-refractivity contribution in [3.63, 3.8) is 0 Å². The number of nitrogens with zero attached hydrogens (tertiary/aromatic N) is 1. The molecule has 0 spiro atoms. The quantitative estimate of drug-likeness (QED) is 0.396. The molecule has 13 heteroatoms. The van der Waals surface area contributed by atoms with Crippen LogP contribution in [0.1, 0.15) is 35.6 Å². The molecule has 1 saturated carbocycles. The first-order valence-corrected chi connectivity index (χ1v) is 12.4. The second-order valence-corrected chi connectivity index (χ2v) is 10.9. The van der Waals surface area contributed by atoms with Crippen molar-refractivity contribution in [2.75, 3.05) is 6.61 Å². The Kier molecular flexibility index (Phi) is 6.31. The van der Waals surface area contributed by atoms with Gasteiger partial charge in [0.05, 0.1) is 4.88 Å². The Hall–Kier alpha value is -2.74. The van der Waals surface area contributed by atoms with Crippen molar-refractivity contribution in [2.45, 2.75) is 41.1 Å². The van der Waals surface area contributed by atoms with Crippen LogP contribution in [0.5, 0.6) is 0 Å². The van der Waals surface area contributed by atoms with Crippen LogP contribution in [-0.4, -0.2) is 41.9 Å². The summed E-state index contributed by atoms with van der Waals surface area (Å²) >= 11 is 0.650. The Morgan fingerprint density at radius 2 is 1.94 bits per heavy atom. The van der Waals surface area contributed by atoms with Crippen molar-refractivity contribution < 1.29 is 41.1 Å². The molecule has 0 amide bonds. The van der Waals surface area contributed by atoms with Crippen LogP contribution in [0, 0.1) is 0 Å². The fourth-order valence-corrected chi connectivity index (χ4v) is 6.34. The predicted octanol–water partition coefficient (Wildman–Crippen LogP) is 3.64. The predicted molar refractivity (Wildman–Crippen MR) is 115 cm³/mol. The SMILES string of the molecule is O=C(O)[C@]1(NS(=O)(=O)c2ccc(-c3cc(C(F)(F)F)on3)s2)C[C@@H]1c1ccc(CCCO)cc1. The fraction of sp³-hybridized carbons (Fsp3) is 0.333. The minimum Gasteiger partial charge on any atom is -0.480 e. The minimum absolute atomic E-state index is 0.0496. The van der Waals surface area contributed by atoms with E-state index >= 15 is 0 Å². The molecule has 182 valence electrons. The van der Waals surface area contributed by atoms with Crippen LogP contribution >= 0.6 is 11.3 Å². The lowest BCUT2D eigenvalue weighted by Crippen LogP contribution is -2.44. The monoisotopic (exact) mass is 516 g/mol. The minimum atomic E-state index is -4.73. The number of hydrogen-bond donors (Lipinski definition) is 3. The lowest BCUT2D eigenvalue weighted by atomic mass is 10.0. The van der Waals surface area contributed by atoms with Gasteiger partial charge in [-0.1, -0.05) is 29.4 Å². The third-order valence-corrected chi connectivity index (χ3v) is 8.66. The maximum absolute atomic E-state index is 12.9. The molecule has 0 radical (unpaired) electrons. The number of hydrogen-bond acceptors (Lipinski definition) is 7. The van der Waals surface area contributed by atoms with Crippen LogP contribution < -0.4 is 4.72 Å². The molecule has 3 aromatic rings. The van der Waals surface area contributed by atoms with Gasteiger partial charge in [0.25, 0.3) is 10.0 Å². The van der Waals surface area contributed by atoms with Gasteiger partial charge in [-0.3, -0.25) is 4.79 Å². The smallest absolute Gasteiger partial charge is 0.452 e. The Bertz CT molecular complexity index is 1300. The normalized spacial score (nSPS) is 20.4. The highest BCUT2D eigenvalue weighted by molar-refractivity contribution is 7.91. The zero-order valence-electron chi connectivity index (χ0n) is 17.4. The number of aliphatic hydroxyl groups excluding tert-OH is 1. The van der Waals surface area contributed by atoms with E-state index in [0.29, 0.717) is 35.8 Å². The van der Waals surface area contributed by atoms with E-state index in [1.807, 2.05) is 12.1 Å². The number of carbonyl (C=O) groups is 1. The molecule has 3 N–H and O–H groups in total. The third kappa shape index (κ3) is 4.73. The largest absolute Gasteiger partial charge is 0.480 e. The summed E-state index contributed by atoms with van der Waals surface area (Å²) in [5.41, 5.74) is -0.288. The summed E-state index contributed by atoms with van der Waals surface area (Å²) in [6.07, 6.45) is -3.43. The molecule has 0 unspecified atom stereocenters. The highest BCUT2D eigenvalue weighted by Gasteiger charge is 2.63. The molecule has 1 fully saturated rings. The molecule has 0 aliphatic heterocycles.